The van der Waals surface area contributed by atoms with Crippen molar-refractivity contribution in [3.05, 3.63) is 33.3 Å². The Morgan fingerprint density at radius 2 is 2.00 bits per heavy atom. The Morgan fingerprint density at radius 3 is 2.70 bits per heavy atom. The van der Waals surface area contributed by atoms with Crippen LogP contribution in [0.2, 0.25) is 5.02 Å². The number of benzene rings is 1. The zero-order chi connectivity index (χ0) is 13.3. The van der Waals surface area contributed by atoms with E-state index in [-0.39, 0.29) is 12.4 Å². The van der Waals surface area contributed by atoms with Gasteiger partial charge >= 0.3 is 0 Å². The number of hydrogen-bond acceptors (Lipinski definition) is 2. The molecule has 1 aromatic carbocycles. The molecule has 0 aliphatic carbocycles. The fraction of sp³-hybridized carbons (Fsp3) is 0.600. The fourth-order valence-electron chi connectivity index (χ4n) is 3.42. The van der Waals surface area contributed by atoms with Crippen LogP contribution in [0.1, 0.15) is 24.8 Å². The predicted molar refractivity (Wildman–Crippen MR) is 90.8 cm³/mol. The van der Waals surface area contributed by atoms with Crippen molar-refractivity contribution in [3.8, 4) is 0 Å². The molecule has 20 heavy (non-hydrogen) atoms. The Hall–Kier alpha value is 0.200. The van der Waals surface area contributed by atoms with Crippen molar-refractivity contribution in [1.82, 2.24) is 10.2 Å². The third-order valence-electron chi connectivity index (χ3n) is 4.57. The van der Waals surface area contributed by atoms with E-state index in [1.807, 2.05) is 6.07 Å². The molecule has 0 unspecified atom stereocenters. The first kappa shape index (κ1) is 16.6. The Bertz CT molecular complexity index is 461. The van der Waals surface area contributed by atoms with Gasteiger partial charge in [-0.2, -0.15) is 0 Å². The van der Waals surface area contributed by atoms with Gasteiger partial charge in [0.1, 0.15) is 0 Å². The number of halogens is 3. The Morgan fingerprint density at radius 1 is 1.25 bits per heavy atom. The molecule has 3 rings (SSSR count). The largest absolute Gasteiger partial charge is 0.317 e. The van der Waals surface area contributed by atoms with Gasteiger partial charge in [-0.3, -0.25) is 4.90 Å². The SMILES string of the molecule is Cl.Clc1ccc(CN2CCC3(CCNCC3)C2)cc1Br. The van der Waals surface area contributed by atoms with E-state index < -0.39 is 0 Å². The Labute approximate surface area is 140 Å². The van der Waals surface area contributed by atoms with E-state index in [1.54, 1.807) is 0 Å². The minimum atomic E-state index is 0. The second kappa shape index (κ2) is 6.97. The Kier molecular flexibility index (Phi) is 5.78. The highest BCUT2D eigenvalue weighted by Gasteiger charge is 2.38. The van der Waals surface area contributed by atoms with Crippen LogP contribution in [-0.2, 0) is 6.54 Å². The summed E-state index contributed by atoms with van der Waals surface area (Å²) in [5.74, 6) is 0. The van der Waals surface area contributed by atoms with E-state index >= 15 is 0 Å². The summed E-state index contributed by atoms with van der Waals surface area (Å²) < 4.78 is 1.00. The maximum atomic E-state index is 6.05. The number of hydrogen-bond donors (Lipinski definition) is 1. The third-order valence-corrected chi connectivity index (χ3v) is 5.79. The van der Waals surface area contributed by atoms with Crippen molar-refractivity contribution in [3.63, 3.8) is 0 Å². The fourth-order valence-corrected chi connectivity index (χ4v) is 3.97. The Balaban J connectivity index is 0.00000147. The summed E-state index contributed by atoms with van der Waals surface area (Å²) in [7, 11) is 0. The zero-order valence-electron chi connectivity index (χ0n) is 11.5. The van der Waals surface area contributed by atoms with Gasteiger partial charge in [0.2, 0.25) is 0 Å². The molecule has 2 nitrogen and oxygen atoms in total. The smallest absolute Gasteiger partial charge is 0.0548 e. The highest BCUT2D eigenvalue weighted by molar-refractivity contribution is 9.10. The van der Waals surface area contributed by atoms with E-state index in [9.17, 15) is 0 Å². The van der Waals surface area contributed by atoms with E-state index in [0.717, 1.165) is 16.0 Å². The highest BCUT2D eigenvalue weighted by atomic mass is 79.9. The van der Waals surface area contributed by atoms with Gasteiger partial charge in [0, 0.05) is 17.6 Å². The van der Waals surface area contributed by atoms with Gasteiger partial charge in [0.15, 0.2) is 0 Å². The number of nitrogens with one attached hydrogen (secondary N) is 1. The van der Waals surface area contributed by atoms with Crippen LogP contribution in [0.3, 0.4) is 0 Å². The number of nitrogens with zero attached hydrogens (tertiary/aromatic N) is 1. The molecule has 0 radical (unpaired) electrons. The van der Waals surface area contributed by atoms with Crippen LogP contribution in [0.15, 0.2) is 22.7 Å². The van der Waals surface area contributed by atoms with Crippen LogP contribution in [0.25, 0.3) is 0 Å². The molecule has 1 spiro atoms. The standard InChI is InChI=1S/C15H20BrClN2.ClH/c16-13-9-12(1-2-14(13)17)10-19-8-5-15(11-19)3-6-18-7-4-15;/h1-2,9,18H,3-8,10-11H2;1H. The van der Waals surface area contributed by atoms with Gasteiger partial charge in [-0.1, -0.05) is 17.7 Å². The molecule has 2 heterocycles. The number of piperidine rings is 1. The highest BCUT2D eigenvalue weighted by Crippen LogP contribution is 2.39. The van der Waals surface area contributed by atoms with Crippen molar-refractivity contribution in [1.29, 1.82) is 0 Å². The van der Waals surface area contributed by atoms with Gasteiger partial charge in [-0.25, -0.2) is 0 Å². The summed E-state index contributed by atoms with van der Waals surface area (Å²) in [4.78, 5) is 2.60. The van der Waals surface area contributed by atoms with E-state index in [0.29, 0.717) is 5.41 Å². The lowest BCUT2D eigenvalue weighted by Crippen LogP contribution is -2.38. The molecule has 2 saturated heterocycles. The molecule has 2 fully saturated rings. The molecule has 0 saturated carbocycles. The average Bonchev–Trinajstić information content (AvgIpc) is 2.78. The minimum Gasteiger partial charge on any atom is -0.317 e. The maximum absolute atomic E-state index is 6.05. The number of rotatable bonds is 2. The molecule has 2 aliphatic heterocycles. The molecule has 1 aromatic rings. The molecule has 0 bridgehead atoms. The quantitative estimate of drug-likeness (QED) is 0.831. The molecule has 0 aromatic heterocycles. The van der Waals surface area contributed by atoms with Crippen LogP contribution < -0.4 is 5.32 Å². The second-order valence-corrected chi connectivity index (χ2v) is 7.22. The number of likely N-dealkylation sites (tertiary alicyclic amines) is 1. The van der Waals surface area contributed by atoms with Crippen LogP contribution in [-0.4, -0.2) is 31.1 Å². The van der Waals surface area contributed by atoms with Crippen LogP contribution >= 0.6 is 39.9 Å². The maximum Gasteiger partial charge on any atom is 0.0548 e. The zero-order valence-corrected chi connectivity index (χ0v) is 14.7. The third kappa shape index (κ3) is 3.69. The monoisotopic (exact) mass is 378 g/mol. The van der Waals surface area contributed by atoms with Crippen molar-refractivity contribution in [2.24, 2.45) is 5.41 Å². The van der Waals surface area contributed by atoms with Crippen molar-refractivity contribution in [2.45, 2.75) is 25.8 Å². The molecule has 1 N–H and O–H groups in total. The summed E-state index contributed by atoms with van der Waals surface area (Å²) in [5.41, 5.74) is 1.94. The molecular weight excluding hydrogens is 359 g/mol. The van der Waals surface area contributed by atoms with E-state index in [2.05, 4.69) is 38.3 Å². The summed E-state index contributed by atoms with van der Waals surface area (Å²) in [5, 5.41) is 4.27. The average molecular weight is 380 g/mol. The molecule has 0 amide bonds. The van der Waals surface area contributed by atoms with Crippen molar-refractivity contribution in [2.75, 3.05) is 26.2 Å². The van der Waals surface area contributed by atoms with E-state index in [4.69, 9.17) is 11.6 Å². The summed E-state index contributed by atoms with van der Waals surface area (Å²) in [6.07, 6.45) is 4.05. The molecule has 112 valence electrons. The minimum absolute atomic E-state index is 0. The predicted octanol–water partition coefficient (Wildman–Crippen LogP) is 4.10. The van der Waals surface area contributed by atoms with Gasteiger partial charge in [-0.05, 0) is 77.9 Å². The summed E-state index contributed by atoms with van der Waals surface area (Å²) in [6, 6.07) is 6.27. The topological polar surface area (TPSA) is 15.3 Å². The second-order valence-electron chi connectivity index (χ2n) is 5.96. The first-order chi connectivity index (χ1) is 9.17. The lowest BCUT2D eigenvalue weighted by atomic mass is 9.78. The van der Waals surface area contributed by atoms with Crippen LogP contribution in [0.4, 0.5) is 0 Å². The first-order valence-corrected chi connectivity index (χ1v) is 8.21. The van der Waals surface area contributed by atoms with Gasteiger partial charge < -0.3 is 5.32 Å². The molecule has 5 heteroatoms. The van der Waals surface area contributed by atoms with Gasteiger partial charge in [0.25, 0.3) is 0 Å². The lowest BCUT2D eigenvalue weighted by molar-refractivity contribution is 0.194. The van der Waals surface area contributed by atoms with Gasteiger partial charge in [-0.15, -0.1) is 12.4 Å². The van der Waals surface area contributed by atoms with Crippen LogP contribution in [0, 0.1) is 5.41 Å². The van der Waals surface area contributed by atoms with Crippen LogP contribution in [0.5, 0.6) is 0 Å². The normalized spacial score (nSPS) is 21.9. The van der Waals surface area contributed by atoms with E-state index in [1.165, 1.54) is 51.0 Å². The molecule has 2 aliphatic rings. The molecular formula is C15H21BrCl2N2. The lowest BCUT2D eigenvalue weighted by Gasteiger charge is -2.34. The van der Waals surface area contributed by atoms with Gasteiger partial charge in [0.05, 0.1) is 5.02 Å². The summed E-state index contributed by atoms with van der Waals surface area (Å²) in [6.45, 7) is 5.93. The van der Waals surface area contributed by atoms with Crippen molar-refractivity contribution >= 4 is 39.9 Å². The summed E-state index contributed by atoms with van der Waals surface area (Å²) >= 11 is 9.55. The molecule has 0 atom stereocenters. The first-order valence-electron chi connectivity index (χ1n) is 7.04. The van der Waals surface area contributed by atoms with Crippen molar-refractivity contribution < 1.29 is 0 Å².